The van der Waals surface area contributed by atoms with Crippen molar-refractivity contribution in [3.8, 4) is 47.4 Å². The fraction of sp³-hybridized carbons (Fsp3) is 0.429. The molecule has 0 heterocycles. The van der Waals surface area contributed by atoms with Crippen LogP contribution in [0.1, 0.15) is 57.8 Å². The average molecular weight is 270 g/mol. The minimum absolute atomic E-state index is 0.647. The molecule has 0 aliphatic heterocycles. The van der Waals surface area contributed by atoms with Crippen molar-refractivity contribution in [2.75, 3.05) is 0 Å². The third-order valence-corrected chi connectivity index (χ3v) is 4.08. The maximum atomic E-state index is 3.29. The lowest BCUT2D eigenvalue weighted by atomic mass is 9.92. The summed E-state index contributed by atoms with van der Waals surface area (Å²) >= 11 is 0. The molecular weight excluding hydrogens is 252 g/mol. The van der Waals surface area contributed by atoms with Gasteiger partial charge in [0.1, 0.15) is 0 Å². The normalized spacial score (nSPS) is 20.2. The first-order valence-electron chi connectivity index (χ1n) is 7.87. The summed E-state index contributed by atoms with van der Waals surface area (Å²) in [5, 5.41) is 0. The zero-order valence-corrected chi connectivity index (χ0v) is 12.4. The second-order valence-electron chi connectivity index (χ2n) is 5.61. The third kappa shape index (κ3) is 3.63. The standard InChI is InChI=1S/C21H18/c1-2-10-18-12-4-6-14-20(18)16-8-9-17-21-15-7-5-13-19(21)11-3-1/h1,4-7,12-15H2. The molecule has 0 unspecified atom stereocenters. The summed E-state index contributed by atoms with van der Waals surface area (Å²) in [5.41, 5.74) is 4.84. The van der Waals surface area contributed by atoms with Crippen molar-refractivity contribution in [3.63, 3.8) is 0 Å². The van der Waals surface area contributed by atoms with Gasteiger partial charge in [-0.25, -0.2) is 0 Å². The van der Waals surface area contributed by atoms with Gasteiger partial charge in [0.25, 0.3) is 0 Å². The van der Waals surface area contributed by atoms with Crippen LogP contribution in [0.25, 0.3) is 0 Å². The van der Waals surface area contributed by atoms with Crippen LogP contribution in [0.4, 0.5) is 0 Å². The van der Waals surface area contributed by atoms with E-state index in [9.17, 15) is 0 Å². The van der Waals surface area contributed by atoms with E-state index in [2.05, 4.69) is 47.4 Å². The number of rotatable bonds is 0. The van der Waals surface area contributed by atoms with E-state index >= 15 is 0 Å². The zero-order chi connectivity index (χ0) is 14.3. The lowest BCUT2D eigenvalue weighted by Gasteiger charge is -2.11. The summed E-state index contributed by atoms with van der Waals surface area (Å²) in [6.07, 6.45) is 9.77. The Hall–Kier alpha value is -2.28. The van der Waals surface area contributed by atoms with Crippen LogP contribution >= 0.6 is 0 Å². The second-order valence-corrected chi connectivity index (χ2v) is 5.61. The number of allylic oxidation sites excluding steroid dienone is 4. The van der Waals surface area contributed by atoms with Gasteiger partial charge in [0.15, 0.2) is 0 Å². The van der Waals surface area contributed by atoms with Crippen molar-refractivity contribution in [1.29, 1.82) is 0 Å². The van der Waals surface area contributed by atoms with Crippen molar-refractivity contribution in [1.82, 2.24) is 0 Å². The van der Waals surface area contributed by atoms with Crippen LogP contribution in [0.5, 0.6) is 0 Å². The van der Waals surface area contributed by atoms with Crippen molar-refractivity contribution < 1.29 is 0 Å². The summed E-state index contributed by atoms with van der Waals surface area (Å²) in [5.74, 6) is 25.6. The van der Waals surface area contributed by atoms with Gasteiger partial charge in [-0.15, -0.1) is 0 Å². The van der Waals surface area contributed by atoms with Crippen molar-refractivity contribution in [2.24, 2.45) is 0 Å². The minimum atomic E-state index is 0.647. The van der Waals surface area contributed by atoms with Gasteiger partial charge in [0.2, 0.25) is 0 Å². The summed E-state index contributed by atoms with van der Waals surface area (Å²) in [4.78, 5) is 0. The molecular formula is C21H18. The molecule has 0 amide bonds. The fourth-order valence-electron chi connectivity index (χ4n) is 2.92. The van der Waals surface area contributed by atoms with E-state index in [1.165, 1.54) is 48.0 Å². The Morgan fingerprint density at radius 3 is 1.29 bits per heavy atom. The molecule has 0 N–H and O–H groups in total. The highest BCUT2D eigenvalue weighted by Gasteiger charge is 2.10. The van der Waals surface area contributed by atoms with Crippen molar-refractivity contribution in [3.05, 3.63) is 22.3 Å². The Morgan fingerprint density at radius 1 is 0.476 bits per heavy atom. The van der Waals surface area contributed by atoms with Gasteiger partial charge in [-0.3, -0.25) is 0 Å². The molecule has 3 aliphatic rings. The predicted molar refractivity (Wildman–Crippen MR) is 86.7 cm³/mol. The summed E-state index contributed by atoms with van der Waals surface area (Å²) in [7, 11) is 0. The third-order valence-electron chi connectivity index (χ3n) is 4.08. The maximum absolute atomic E-state index is 3.29. The van der Waals surface area contributed by atoms with Crippen molar-refractivity contribution >= 4 is 0 Å². The molecule has 0 atom stereocenters. The topological polar surface area (TPSA) is 0 Å². The highest BCUT2D eigenvalue weighted by Crippen LogP contribution is 2.24. The van der Waals surface area contributed by atoms with E-state index < -0.39 is 0 Å². The summed E-state index contributed by atoms with van der Waals surface area (Å²) in [6.45, 7) is 0. The predicted octanol–water partition coefficient (Wildman–Crippen LogP) is 4.14. The molecule has 3 aliphatic carbocycles. The Morgan fingerprint density at radius 2 is 0.857 bits per heavy atom. The smallest absolute Gasteiger partial charge is 0.0709 e. The Kier molecular flexibility index (Phi) is 4.52. The largest absolute Gasteiger partial charge is 0.0851 e. The fourth-order valence-corrected chi connectivity index (χ4v) is 2.92. The lowest BCUT2D eigenvalue weighted by molar-refractivity contribution is 0.699. The Labute approximate surface area is 128 Å². The average Bonchev–Trinajstić information content (AvgIpc) is 2.54. The minimum Gasteiger partial charge on any atom is -0.0851 e. The van der Waals surface area contributed by atoms with Crippen LogP contribution < -0.4 is 0 Å². The van der Waals surface area contributed by atoms with Gasteiger partial charge in [0.05, 0.1) is 6.42 Å². The number of hydrogen-bond acceptors (Lipinski definition) is 0. The molecule has 21 heavy (non-hydrogen) atoms. The first-order valence-corrected chi connectivity index (χ1v) is 7.87. The molecule has 0 heteroatoms. The molecule has 0 saturated heterocycles. The maximum Gasteiger partial charge on any atom is 0.0709 e. The molecule has 0 spiro atoms. The van der Waals surface area contributed by atoms with E-state index in [0.29, 0.717) is 6.42 Å². The molecule has 0 aromatic heterocycles. The summed E-state index contributed by atoms with van der Waals surface area (Å²) in [6, 6.07) is 0. The molecule has 0 saturated carbocycles. The van der Waals surface area contributed by atoms with Gasteiger partial charge >= 0.3 is 0 Å². The van der Waals surface area contributed by atoms with Crippen LogP contribution in [-0.4, -0.2) is 0 Å². The van der Waals surface area contributed by atoms with Crippen molar-refractivity contribution in [2.45, 2.75) is 57.8 Å². The highest BCUT2D eigenvalue weighted by atomic mass is 14.1. The van der Waals surface area contributed by atoms with Crippen LogP contribution in [0, 0.1) is 47.4 Å². The molecule has 0 aromatic rings. The van der Waals surface area contributed by atoms with Gasteiger partial charge in [-0.05, 0) is 63.2 Å². The van der Waals surface area contributed by atoms with Crippen LogP contribution in [0.2, 0.25) is 0 Å². The molecule has 0 nitrogen and oxygen atoms in total. The van der Waals surface area contributed by atoms with Gasteiger partial charge < -0.3 is 0 Å². The SMILES string of the molecule is C1#CC2=C(C#CCC#CC3=C(C#C1)CCCC3)CCCC2. The highest BCUT2D eigenvalue weighted by molar-refractivity contribution is 5.51. The van der Waals surface area contributed by atoms with Crippen LogP contribution in [0.15, 0.2) is 22.3 Å². The van der Waals surface area contributed by atoms with Gasteiger partial charge in [-0.2, -0.15) is 0 Å². The van der Waals surface area contributed by atoms with E-state index in [0.717, 1.165) is 25.7 Å². The zero-order valence-electron chi connectivity index (χ0n) is 12.4. The molecule has 102 valence electrons. The first-order chi connectivity index (χ1) is 10.4. The molecule has 0 fully saturated rings. The molecule has 0 bridgehead atoms. The molecule has 3 rings (SSSR count). The van der Waals surface area contributed by atoms with Gasteiger partial charge in [-0.1, -0.05) is 35.5 Å². The van der Waals surface area contributed by atoms with E-state index in [-0.39, 0.29) is 0 Å². The van der Waals surface area contributed by atoms with E-state index in [4.69, 9.17) is 0 Å². The molecule has 0 radical (unpaired) electrons. The molecule has 0 aromatic carbocycles. The Balaban J connectivity index is 1.98. The quantitative estimate of drug-likeness (QED) is 0.580. The first kappa shape index (κ1) is 13.7. The lowest BCUT2D eigenvalue weighted by Crippen LogP contribution is -1.96. The summed E-state index contributed by atoms with van der Waals surface area (Å²) < 4.78 is 0. The monoisotopic (exact) mass is 270 g/mol. The Bertz CT molecular complexity index is 674. The number of hydrogen-bond donors (Lipinski definition) is 0. The van der Waals surface area contributed by atoms with E-state index in [1.54, 1.807) is 0 Å². The van der Waals surface area contributed by atoms with E-state index in [1.807, 2.05) is 0 Å². The van der Waals surface area contributed by atoms with Gasteiger partial charge in [0, 0.05) is 22.3 Å². The second kappa shape index (κ2) is 6.94. The van der Waals surface area contributed by atoms with Crippen LogP contribution in [0.3, 0.4) is 0 Å². The van der Waals surface area contributed by atoms with Crippen LogP contribution in [-0.2, 0) is 0 Å².